The summed E-state index contributed by atoms with van der Waals surface area (Å²) in [5, 5.41) is 5.21. The zero-order chi connectivity index (χ0) is 23.6. The van der Waals surface area contributed by atoms with Crippen LogP contribution in [0.3, 0.4) is 0 Å². The Morgan fingerprint density at radius 2 is 1.73 bits per heavy atom. The number of carbonyl (C=O) groups is 2. The van der Waals surface area contributed by atoms with E-state index in [4.69, 9.17) is 4.74 Å². The number of ether oxygens (including phenoxy) is 1. The van der Waals surface area contributed by atoms with E-state index in [1.165, 1.54) is 0 Å². The Morgan fingerprint density at radius 3 is 2.48 bits per heavy atom. The second kappa shape index (κ2) is 9.82. The molecule has 6 heteroatoms. The predicted molar refractivity (Wildman–Crippen MR) is 131 cm³/mol. The molecule has 178 valence electrons. The van der Waals surface area contributed by atoms with Crippen molar-refractivity contribution in [3.8, 4) is 0 Å². The Hall–Kier alpha value is -2.44. The highest BCUT2D eigenvalue weighted by Gasteiger charge is 2.35. The first-order valence-corrected chi connectivity index (χ1v) is 12.2. The third-order valence-electron chi connectivity index (χ3n) is 7.07. The number of carbonyl (C=O) groups excluding carboxylic acids is 2. The number of fused-ring (bicyclic) bond motifs is 1. The van der Waals surface area contributed by atoms with Gasteiger partial charge in [-0.1, -0.05) is 36.4 Å². The Bertz CT molecular complexity index is 990. The second-order valence-corrected chi connectivity index (χ2v) is 10.3. The molecule has 0 unspecified atom stereocenters. The molecule has 6 nitrogen and oxygen atoms in total. The standard InChI is InChI=1S/C27H37N3O3/c1-19-15-30(16-20(2)33-19)27(3,4)18-28-25(31)22-11-8-14-29(17-22)26(32)24-13-7-10-21-9-5-6-12-23(21)24/h5-7,9-10,12-13,19-20,22H,8,11,14-18H2,1-4H3,(H,28,31)/t19-,20-,22+/m1/s1. The molecular weight excluding hydrogens is 414 g/mol. The van der Waals surface area contributed by atoms with E-state index < -0.39 is 0 Å². The van der Waals surface area contributed by atoms with Gasteiger partial charge in [0, 0.05) is 43.8 Å². The number of hydrogen-bond donors (Lipinski definition) is 1. The van der Waals surface area contributed by atoms with Crippen molar-refractivity contribution in [3.05, 3.63) is 48.0 Å². The maximum Gasteiger partial charge on any atom is 0.254 e. The van der Waals surface area contributed by atoms with E-state index in [9.17, 15) is 9.59 Å². The predicted octanol–water partition coefficient (Wildman–Crippen LogP) is 3.70. The number of amides is 2. The molecule has 3 atom stereocenters. The minimum Gasteiger partial charge on any atom is -0.373 e. The zero-order valence-corrected chi connectivity index (χ0v) is 20.3. The zero-order valence-electron chi connectivity index (χ0n) is 20.3. The number of hydrogen-bond acceptors (Lipinski definition) is 4. The molecule has 0 bridgehead atoms. The number of benzene rings is 2. The summed E-state index contributed by atoms with van der Waals surface area (Å²) in [5.74, 6) is -0.107. The lowest BCUT2D eigenvalue weighted by molar-refractivity contribution is -0.128. The molecule has 2 aliphatic heterocycles. The fourth-order valence-electron chi connectivity index (χ4n) is 5.19. The molecule has 1 N–H and O–H groups in total. The highest BCUT2D eigenvalue weighted by molar-refractivity contribution is 6.07. The molecule has 0 spiro atoms. The van der Waals surface area contributed by atoms with Gasteiger partial charge in [0.15, 0.2) is 0 Å². The largest absolute Gasteiger partial charge is 0.373 e. The van der Waals surface area contributed by atoms with Crippen LogP contribution in [-0.2, 0) is 9.53 Å². The summed E-state index contributed by atoms with van der Waals surface area (Å²) in [6, 6.07) is 13.8. The maximum absolute atomic E-state index is 13.3. The fraction of sp³-hybridized carbons (Fsp3) is 0.556. The monoisotopic (exact) mass is 451 g/mol. The van der Waals surface area contributed by atoms with Gasteiger partial charge in [0.2, 0.25) is 5.91 Å². The van der Waals surface area contributed by atoms with Gasteiger partial charge >= 0.3 is 0 Å². The molecule has 0 saturated carbocycles. The first kappa shape index (κ1) is 23.7. The normalized spacial score (nSPS) is 24.6. The molecule has 0 aromatic heterocycles. The Kier molecular flexibility index (Phi) is 7.05. The molecule has 2 aromatic rings. The quantitative estimate of drug-likeness (QED) is 0.753. The molecule has 2 heterocycles. The van der Waals surface area contributed by atoms with Gasteiger partial charge < -0.3 is 15.0 Å². The summed E-state index contributed by atoms with van der Waals surface area (Å²) in [6.07, 6.45) is 2.04. The molecule has 0 aliphatic carbocycles. The second-order valence-electron chi connectivity index (χ2n) is 10.3. The van der Waals surface area contributed by atoms with Crippen molar-refractivity contribution in [3.63, 3.8) is 0 Å². The summed E-state index contributed by atoms with van der Waals surface area (Å²) < 4.78 is 5.86. The maximum atomic E-state index is 13.3. The van der Waals surface area contributed by atoms with Crippen LogP contribution in [0.25, 0.3) is 10.8 Å². The first-order valence-electron chi connectivity index (χ1n) is 12.2. The van der Waals surface area contributed by atoms with Crippen molar-refractivity contribution < 1.29 is 14.3 Å². The third-order valence-corrected chi connectivity index (χ3v) is 7.07. The lowest BCUT2D eigenvalue weighted by atomic mass is 9.94. The van der Waals surface area contributed by atoms with Crippen LogP contribution in [-0.4, -0.2) is 72.1 Å². The average Bonchev–Trinajstić information content (AvgIpc) is 2.81. The summed E-state index contributed by atoms with van der Waals surface area (Å²) in [6.45, 7) is 12.0. The van der Waals surface area contributed by atoms with Crippen molar-refractivity contribution in [2.24, 2.45) is 5.92 Å². The van der Waals surface area contributed by atoms with Gasteiger partial charge in [-0.05, 0) is 57.4 Å². The molecular formula is C27H37N3O3. The van der Waals surface area contributed by atoms with E-state index >= 15 is 0 Å². The summed E-state index contributed by atoms with van der Waals surface area (Å²) in [7, 11) is 0. The van der Waals surface area contributed by atoms with Gasteiger partial charge in [-0.3, -0.25) is 14.5 Å². The summed E-state index contributed by atoms with van der Waals surface area (Å²) >= 11 is 0. The van der Waals surface area contributed by atoms with Crippen LogP contribution >= 0.6 is 0 Å². The van der Waals surface area contributed by atoms with Crippen molar-refractivity contribution in [2.75, 3.05) is 32.7 Å². The Morgan fingerprint density at radius 1 is 1.03 bits per heavy atom. The SMILES string of the molecule is C[C@@H]1CN(C(C)(C)CNC(=O)[C@H]2CCCN(C(=O)c3cccc4ccccc34)C2)C[C@@H](C)O1. The van der Waals surface area contributed by atoms with Gasteiger partial charge in [0.05, 0.1) is 18.1 Å². The van der Waals surface area contributed by atoms with Gasteiger partial charge in [-0.15, -0.1) is 0 Å². The van der Waals surface area contributed by atoms with Crippen LogP contribution in [0.1, 0.15) is 50.9 Å². The number of morpholine rings is 1. The van der Waals surface area contributed by atoms with E-state index in [0.29, 0.717) is 25.2 Å². The lowest BCUT2D eigenvalue weighted by Gasteiger charge is -2.45. The first-order chi connectivity index (χ1) is 15.7. The van der Waals surface area contributed by atoms with Crippen molar-refractivity contribution >= 4 is 22.6 Å². The van der Waals surface area contributed by atoms with E-state index in [1.807, 2.05) is 47.4 Å². The Balaban J connectivity index is 1.38. The van der Waals surface area contributed by atoms with E-state index in [-0.39, 0.29) is 35.5 Å². The highest BCUT2D eigenvalue weighted by atomic mass is 16.5. The number of nitrogens with one attached hydrogen (secondary N) is 1. The number of piperidine rings is 1. The Labute approximate surface area is 197 Å². The molecule has 2 aromatic carbocycles. The van der Waals surface area contributed by atoms with Gasteiger partial charge in [-0.2, -0.15) is 0 Å². The van der Waals surface area contributed by atoms with Crippen molar-refractivity contribution in [1.29, 1.82) is 0 Å². The number of likely N-dealkylation sites (tertiary alicyclic amines) is 1. The van der Waals surface area contributed by atoms with Crippen molar-refractivity contribution in [1.82, 2.24) is 15.1 Å². The van der Waals surface area contributed by atoms with Crippen LogP contribution in [0.5, 0.6) is 0 Å². The van der Waals surface area contributed by atoms with Gasteiger partial charge in [-0.25, -0.2) is 0 Å². The minimum atomic E-state index is -0.170. The van der Waals surface area contributed by atoms with Crippen LogP contribution < -0.4 is 5.32 Å². The molecule has 2 amide bonds. The molecule has 2 aliphatic rings. The average molecular weight is 452 g/mol. The van der Waals surface area contributed by atoms with Gasteiger partial charge in [0.25, 0.3) is 5.91 Å². The topological polar surface area (TPSA) is 61.9 Å². The van der Waals surface area contributed by atoms with Crippen LogP contribution in [0.4, 0.5) is 0 Å². The fourth-order valence-corrected chi connectivity index (χ4v) is 5.19. The summed E-state index contributed by atoms with van der Waals surface area (Å²) in [5.41, 5.74) is 0.556. The van der Waals surface area contributed by atoms with E-state index in [1.54, 1.807) is 0 Å². The minimum absolute atomic E-state index is 0.0147. The molecule has 2 saturated heterocycles. The third kappa shape index (κ3) is 5.39. The van der Waals surface area contributed by atoms with Gasteiger partial charge in [0.1, 0.15) is 0 Å². The number of rotatable bonds is 5. The van der Waals surface area contributed by atoms with E-state index in [2.05, 4.69) is 37.9 Å². The highest BCUT2D eigenvalue weighted by Crippen LogP contribution is 2.25. The molecule has 0 radical (unpaired) electrons. The smallest absolute Gasteiger partial charge is 0.254 e. The van der Waals surface area contributed by atoms with Crippen molar-refractivity contribution in [2.45, 2.75) is 58.3 Å². The summed E-state index contributed by atoms with van der Waals surface area (Å²) in [4.78, 5) is 30.7. The van der Waals surface area contributed by atoms with Crippen LogP contribution in [0, 0.1) is 5.92 Å². The lowest BCUT2D eigenvalue weighted by Crippen LogP contribution is -2.59. The number of nitrogens with zero attached hydrogens (tertiary/aromatic N) is 2. The molecule has 2 fully saturated rings. The van der Waals surface area contributed by atoms with Crippen LogP contribution in [0.2, 0.25) is 0 Å². The molecule has 33 heavy (non-hydrogen) atoms. The van der Waals surface area contributed by atoms with Crippen LogP contribution in [0.15, 0.2) is 42.5 Å². The molecule has 4 rings (SSSR count). The van der Waals surface area contributed by atoms with E-state index in [0.717, 1.165) is 36.7 Å².